The second-order valence-electron chi connectivity index (χ2n) is 14.2. The van der Waals surface area contributed by atoms with Crippen LogP contribution in [0.5, 0.6) is 0 Å². The number of nitrogens with zero attached hydrogens (tertiary/aromatic N) is 4. The molecule has 2 amide bonds. The Morgan fingerprint density at radius 3 is 2.62 bits per heavy atom. The fourth-order valence-corrected chi connectivity index (χ4v) is 7.86. The number of hydrogen-bond donors (Lipinski definition) is 2. The van der Waals surface area contributed by atoms with Crippen molar-refractivity contribution in [2.24, 2.45) is 28.6 Å². The van der Waals surface area contributed by atoms with Crippen LogP contribution in [-0.2, 0) is 11.2 Å². The Labute approximate surface area is 240 Å². The van der Waals surface area contributed by atoms with Crippen molar-refractivity contribution in [2.45, 2.75) is 72.3 Å². The van der Waals surface area contributed by atoms with Gasteiger partial charge in [-0.3, -0.25) is 14.0 Å². The zero-order chi connectivity index (χ0) is 28.7. The molecule has 3 heterocycles. The highest BCUT2D eigenvalue weighted by Gasteiger charge is 2.54. The number of carbonyl (C=O) groups is 2. The summed E-state index contributed by atoms with van der Waals surface area (Å²) in [5.74, 6) is 2.17. The fraction of sp³-hybridized carbons (Fsp3) is 0.719. The van der Waals surface area contributed by atoms with Gasteiger partial charge < -0.3 is 20.4 Å². The zero-order valence-electron chi connectivity index (χ0n) is 25.5. The molecule has 2 bridgehead atoms. The average molecular weight is 551 g/mol. The average Bonchev–Trinajstić information content (AvgIpc) is 3.32. The van der Waals surface area contributed by atoms with Crippen LogP contribution in [0.4, 0.5) is 0 Å². The number of piperidine rings is 1. The maximum absolute atomic E-state index is 13.8. The predicted octanol–water partition coefficient (Wildman–Crippen LogP) is 3.85. The number of pyridine rings is 1. The van der Waals surface area contributed by atoms with Gasteiger partial charge in [-0.15, -0.1) is 0 Å². The molecule has 4 atom stereocenters. The van der Waals surface area contributed by atoms with Crippen LogP contribution in [-0.4, -0.2) is 83.9 Å². The Morgan fingerprint density at radius 1 is 1.12 bits per heavy atom. The Kier molecular flexibility index (Phi) is 8.31. The number of imidazole rings is 1. The topological polar surface area (TPSA) is 82.0 Å². The molecule has 220 valence electrons. The van der Waals surface area contributed by atoms with Gasteiger partial charge in [0, 0.05) is 31.9 Å². The van der Waals surface area contributed by atoms with Crippen molar-refractivity contribution in [1.29, 1.82) is 0 Å². The molecular weight excluding hydrogens is 500 g/mol. The summed E-state index contributed by atoms with van der Waals surface area (Å²) in [4.78, 5) is 36.2. The highest BCUT2D eigenvalue weighted by atomic mass is 16.2. The third-order valence-electron chi connectivity index (χ3n) is 10.4. The van der Waals surface area contributed by atoms with Gasteiger partial charge in [0.15, 0.2) is 0 Å². The second kappa shape index (κ2) is 11.4. The SMILES string of the molecule is CN(C)CCCN(C(=O)Cc1cn2c(C(=O)NC[C@@H]3CC[C@@H]4C[C@@H]3C4(C)C)cccc2n1)C1CCNCC1(C)C. The van der Waals surface area contributed by atoms with E-state index in [0.29, 0.717) is 34.3 Å². The van der Waals surface area contributed by atoms with Gasteiger partial charge in [0.05, 0.1) is 12.1 Å². The summed E-state index contributed by atoms with van der Waals surface area (Å²) in [6.45, 7) is 13.5. The molecule has 1 saturated heterocycles. The minimum atomic E-state index is -0.0677. The van der Waals surface area contributed by atoms with Crippen LogP contribution in [0.2, 0.25) is 0 Å². The van der Waals surface area contributed by atoms with Crippen molar-refractivity contribution in [3.8, 4) is 0 Å². The summed E-state index contributed by atoms with van der Waals surface area (Å²) in [6.07, 6.45) is 7.81. The van der Waals surface area contributed by atoms with E-state index in [-0.39, 0.29) is 29.7 Å². The number of nitrogens with one attached hydrogen (secondary N) is 2. The highest BCUT2D eigenvalue weighted by molar-refractivity contribution is 5.93. The summed E-state index contributed by atoms with van der Waals surface area (Å²) in [5.41, 5.74) is 2.40. The van der Waals surface area contributed by atoms with Crippen LogP contribution in [0.15, 0.2) is 24.4 Å². The molecule has 8 nitrogen and oxygen atoms in total. The molecule has 2 N–H and O–H groups in total. The Balaban J connectivity index is 1.28. The Morgan fingerprint density at radius 2 is 1.93 bits per heavy atom. The summed E-state index contributed by atoms with van der Waals surface area (Å²) in [5, 5.41) is 6.73. The van der Waals surface area contributed by atoms with Gasteiger partial charge in [0.2, 0.25) is 5.91 Å². The molecule has 0 aromatic carbocycles. The van der Waals surface area contributed by atoms with Crippen molar-refractivity contribution in [3.05, 3.63) is 35.8 Å². The first-order chi connectivity index (χ1) is 19.0. The third kappa shape index (κ3) is 5.80. The smallest absolute Gasteiger partial charge is 0.268 e. The van der Waals surface area contributed by atoms with Gasteiger partial charge >= 0.3 is 0 Å². The minimum absolute atomic E-state index is 0.00411. The highest BCUT2D eigenvalue weighted by Crippen LogP contribution is 2.61. The summed E-state index contributed by atoms with van der Waals surface area (Å²) < 4.78 is 1.85. The fourth-order valence-electron chi connectivity index (χ4n) is 7.86. The van der Waals surface area contributed by atoms with Crippen molar-refractivity contribution in [2.75, 3.05) is 46.8 Å². The third-order valence-corrected chi connectivity index (χ3v) is 10.4. The van der Waals surface area contributed by atoms with Crippen molar-refractivity contribution < 1.29 is 9.59 Å². The Hall–Kier alpha value is -2.45. The lowest BCUT2D eigenvalue weighted by Crippen LogP contribution is -2.56. The molecule has 40 heavy (non-hydrogen) atoms. The summed E-state index contributed by atoms with van der Waals surface area (Å²) >= 11 is 0. The molecule has 0 radical (unpaired) electrons. The molecular formula is C32H50N6O2. The number of amides is 2. The van der Waals surface area contributed by atoms with Crippen LogP contribution in [0.3, 0.4) is 0 Å². The summed E-state index contributed by atoms with van der Waals surface area (Å²) in [6, 6.07) is 5.84. The Bertz CT molecular complexity index is 1220. The second-order valence-corrected chi connectivity index (χ2v) is 14.2. The van der Waals surface area contributed by atoms with Gasteiger partial charge in [-0.05, 0) is 100 Å². The first-order valence-corrected chi connectivity index (χ1v) is 15.4. The molecule has 2 aromatic heterocycles. The van der Waals surface area contributed by atoms with Gasteiger partial charge in [-0.2, -0.15) is 0 Å². The van der Waals surface area contributed by atoms with E-state index in [1.165, 1.54) is 19.3 Å². The molecule has 2 aromatic rings. The lowest BCUT2D eigenvalue weighted by Gasteiger charge is -2.60. The molecule has 3 aliphatic carbocycles. The van der Waals surface area contributed by atoms with Gasteiger partial charge in [0.25, 0.3) is 5.91 Å². The molecule has 8 heteroatoms. The number of carbonyl (C=O) groups excluding carboxylic acids is 2. The first kappa shape index (κ1) is 29.1. The molecule has 1 aliphatic heterocycles. The van der Waals surface area contributed by atoms with Gasteiger partial charge in [0.1, 0.15) is 11.3 Å². The van der Waals surface area contributed by atoms with E-state index >= 15 is 0 Å². The maximum atomic E-state index is 13.8. The van der Waals surface area contributed by atoms with Crippen molar-refractivity contribution in [3.63, 3.8) is 0 Å². The lowest BCUT2D eigenvalue weighted by molar-refractivity contribution is -0.136. The minimum Gasteiger partial charge on any atom is -0.350 e. The van der Waals surface area contributed by atoms with Crippen LogP contribution in [0, 0.1) is 28.6 Å². The molecule has 4 fully saturated rings. The molecule has 0 spiro atoms. The van der Waals surface area contributed by atoms with E-state index in [9.17, 15) is 9.59 Å². The maximum Gasteiger partial charge on any atom is 0.268 e. The van der Waals surface area contributed by atoms with Gasteiger partial charge in [-0.1, -0.05) is 33.8 Å². The van der Waals surface area contributed by atoms with Crippen LogP contribution >= 0.6 is 0 Å². The number of aromatic nitrogens is 2. The van der Waals surface area contributed by atoms with Crippen LogP contribution in [0.25, 0.3) is 5.65 Å². The molecule has 4 aliphatic rings. The monoisotopic (exact) mass is 550 g/mol. The molecule has 1 unspecified atom stereocenters. The van der Waals surface area contributed by atoms with Crippen molar-refractivity contribution >= 4 is 17.5 Å². The lowest BCUT2D eigenvalue weighted by atomic mass is 9.45. The van der Waals surface area contributed by atoms with Gasteiger partial charge in [-0.25, -0.2) is 4.98 Å². The van der Waals surface area contributed by atoms with Crippen LogP contribution in [0.1, 0.15) is 76.0 Å². The van der Waals surface area contributed by atoms with E-state index in [0.717, 1.165) is 51.5 Å². The number of hydrogen-bond acceptors (Lipinski definition) is 5. The van der Waals surface area contributed by atoms with E-state index in [4.69, 9.17) is 4.98 Å². The quantitative estimate of drug-likeness (QED) is 0.470. The molecule has 3 saturated carbocycles. The normalized spacial score (nSPS) is 26.9. The number of fused-ring (bicyclic) bond motifs is 3. The first-order valence-electron chi connectivity index (χ1n) is 15.4. The molecule has 6 rings (SSSR count). The zero-order valence-corrected chi connectivity index (χ0v) is 25.5. The largest absolute Gasteiger partial charge is 0.350 e. The van der Waals surface area contributed by atoms with Crippen molar-refractivity contribution in [1.82, 2.24) is 29.8 Å². The van der Waals surface area contributed by atoms with Crippen LogP contribution < -0.4 is 10.6 Å². The predicted molar refractivity (Wildman–Crippen MR) is 159 cm³/mol. The standard InChI is InChI=1S/C32H50N6O2/c1-31(2)21-33-14-13-27(31)37(16-8-15-36(5)6)29(39)18-24-20-38-26(9-7-10-28(38)35-24)30(40)34-19-22-11-12-23-17-25(22)32(23,3)4/h7,9-10,20,22-23,25,27,33H,8,11-19,21H2,1-6H3,(H,34,40)/t22-,23+,25-,27?/m0/s1. The summed E-state index contributed by atoms with van der Waals surface area (Å²) in [7, 11) is 4.15. The number of rotatable bonds is 10. The van der Waals surface area contributed by atoms with E-state index in [2.05, 4.69) is 62.2 Å². The van der Waals surface area contributed by atoms with E-state index in [1.54, 1.807) is 0 Å². The van der Waals surface area contributed by atoms with E-state index in [1.807, 2.05) is 28.8 Å². The van der Waals surface area contributed by atoms with E-state index < -0.39 is 0 Å².